The number of methoxy groups -OCH3 is 1. The van der Waals surface area contributed by atoms with Crippen LogP contribution in [0.25, 0.3) is 6.08 Å². The van der Waals surface area contributed by atoms with Gasteiger partial charge in [-0.2, -0.15) is 13.2 Å². The van der Waals surface area contributed by atoms with E-state index >= 15 is 0 Å². The summed E-state index contributed by atoms with van der Waals surface area (Å²) < 4.78 is 56.2. The van der Waals surface area contributed by atoms with Crippen LogP contribution >= 0.6 is 0 Å². The van der Waals surface area contributed by atoms with Gasteiger partial charge in [0.05, 0.1) is 19.3 Å². The van der Waals surface area contributed by atoms with Gasteiger partial charge < -0.3 is 14.2 Å². The molecule has 1 aliphatic rings. The average molecular weight is 406 g/mol. The minimum atomic E-state index is -4.51. The van der Waals surface area contributed by atoms with E-state index in [4.69, 9.17) is 14.2 Å². The molecule has 0 bridgehead atoms. The molecule has 1 saturated heterocycles. The number of carbonyl (C=O) groups is 1. The first kappa shape index (κ1) is 20.9. The van der Waals surface area contributed by atoms with Gasteiger partial charge in [-0.25, -0.2) is 0 Å². The number of halogens is 3. The van der Waals surface area contributed by atoms with Gasteiger partial charge in [0.15, 0.2) is 12.1 Å². The molecule has 1 aliphatic heterocycles. The van der Waals surface area contributed by atoms with Crippen molar-refractivity contribution in [2.45, 2.75) is 31.7 Å². The summed E-state index contributed by atoms with van der Waals surface area (Å²) in [5.74, 6) is 0.0253. The van der Waals surface area contributed by atoms with Gasteiger partial charge in [-0.3, -0.25) is 4.79 Å². The molecular formula is C22H21F3O4. The molecule has 0 N–H and O–H groups in total. The van der Waals surface area contributed by atoms with Gasteiger partial charge in [0.1, 0.15) is 17.1 Å². The highest BCUT2D eigenvalue weighted by Gasteiger charge is 2.32. The summed E-state index contributed by atoms with van der Waals surface area (Å²) in [6.45, 7) is 0.575. The Hall–Kier alpha value is -2.80. The molecule has 1 heterocycles. The summed E-state index contributed by atoms with van der Waals surface area (Å²) in [5, 5.41) is 0. The monoisotopic (exact) mass is 406 g/mol. The van der Waals surface area contributed by atoms with Crippen LogP contribution in [0.5, 0.6) is 11.5 Å². The van der Waals surface area contributed by atoms with E-state index in [9.17, 15) is 18.0 Å². The maximum atomic E-state index is 13.2. The van der Waals surface area contributed by atoms with Crippen molar-refractivity contribution < 1.29 is 32.2 Å². The number of hydrogen-bond donors (Lipinski definition) is 0. The Morgan fingerprint density at radius 2 is 1.86 bits per heavy atom. The van der Waals surface area contributed by atoms with Gasteiger partial charge in [-0.15, -0.1) is 0 Å². The number of alkyl halides is 3. The van der Waals surface area contributed by atoms with Crippen molar-refractivity contribution in [3.8, 4) is 11.5 Å². The molecule has 0 saturated carbocycles. The second-order valence-electron chi connectivity index (χ2n) is 6.53. The number of ether oxygens (including phenoxy) is 3. The number of carbonyl (C=O) groups excluding carboxylic acids is 1. The van der Waals surface area contributed by atoms with E-state index in [1.807, 2.05) is 0 Å². The van der Waals surface area contributed by atoms with E-state index in [0.717, 1.165) is 31.1 Å². The third-order valence-electron chi connectivity index (χ3n) is 4.53. The van der Waals surface area contributed by atoms with Crippen LogP contribution < -0.4 is 9.47 Å². The molecule has 0 aliphatic carbocycles. The Morgan fingerprint density at radius 3 is 2.55 bits per heavy atom. The summed E-state index contributed by atoms with van der Waals surface area (Å²) in [6, 6.07) is 9.96. The van der Waals surface area contributed by atoms with Gasteiger partial charge in [0, 0.05) is 6.42 Å². The van der Waals surface area contributed by atoms with Gasteiger partial charge in [-0.05, 0) is 42.7 Å². The molecule has 2 aromatic rings. The fraction of sp³-hybridized carbons (Fsp3) is 0.318. The smallest absolute Gasteiger partial charge is 0.416 e. The first-order valence-corrected chi connectivity index (χ1v) is 9.24. The Morgan fingerprint density at radius 1 is 1.10 bits per heavy atom. The summed E-state index contributed by atoms with van der Waals surface area (Å²) in [4.78, 5) is 12.9. The Kier molecular flexibility index (Phi) is 6.59. The topological polar surface area (TPSA) is 44.8 Å². The van der Waals surface area contributed by atoms with Gasteiger partial charge in [-0.1, -0.05) is 30.3 Å². The summed E-state index contributed by atoms with van der Waals surface area (Å²) in [5.41, 5.74) is -0.762. The normalized spacial score (nSPS) is 17.3. The zero-order valence-electron chi connectivity index (χ0n) is 15.9. The van der Waals surface area contributed by atoms with Crippen LogP contribution in [-0.4, -0.2) is 25.8 Å². The predicted octanol–water partition coefficient (Wildman–Crippen LogP) is 5.52. The molecular weight excluding hydrogens is 385 g/mol. The first-order chi connectivity index (χ1) is 13.9. The average Bonchev–Trinajstić information content (AvgIpc) is 2.72. The summed E-state index contributed by atoms with van der Waals surface area (Å²) in [6.07, 6.45) is -0.148. The van der Waals surface area contributed by atoms with Crippen molar-refractivity contribution in [1.82, 2.24) is 0 Å². The van der Waals surface area contributed by atoms with E-state index in [-0.39, 0.29) is 22.6 Å². The van der Waals surface area contributed by atoms with Crippen molar-refractivity contribution in [3.63, 3.8) is 0 Å². The lowest BCUT2D eigenvalue weighted by atomic mass is 10.0. The number of ketones is 1. The third-order valence-corrected chi connectivity index (χ3v) is 4.53. The summed E-state index contributed by atoms with van der Waals surface area (Å²) in [7, 11) is 1.41. The van der Waals surface area contributed by atoms with Crippen LogP contribution in [0.15, 0.2) is 48.5 Å². The highest BCUT2D eigenvalue weighted by atomic mass is 19.4. The molecule has 4 nitrogen and oxygen atoms in total. The second-order valence-corrected chi connectivity index (χ2v) is 6.53. The Bertz CT molecular complexity index is 884. The zero-order valence-corrected chi connectivity index (χ0v) is 15.9. The fourth-order valence-corrected chi connectivity index (χ4v) is 3.12. The van der Waals surface area contributed by atoms with Crippen molar-refractivity contribution in [2.75, 3.05) is 13.7 Å². The standard InChI is InChI=1S/C22H21F3O4/c1-27-18-9-6-10-19(29-20-11-4-5-14-28-20)21(18)17(26)13-12-15-7-2-3-8-16(15)22(23,24)25/h2-3,6-10,12-13,20H,4-5,11,14H2,1H3/b13-12+. The number of hydrogen-bond acceptors (Lipinski definition) is 4. The first-order valence-electron chi connectivity index (χ1n) is 9.24. The number of allylic oxidation sites excluding steroid dienone is 1. The quantitative estimate of drug-likeness (QED) is 0.468. The lowest BCUT2D eigenvalue weighted by molar-refractivity contribution is -0.137. The van der Waals surface area contributed by atoms with Crippen molar-refractivity contribution in [2.24, 2.45) is 0 Å². The largest absolute Gasteiger partial charge is 0.496 e. The van der Waals surface area contributed by atoms with Crippen molar-refractivity contribution in [1.29, 1.82) is 0 Å². The van der Waals surface area contributed by atoms with Crippen LogP contribution in [0.1, 0.15) is 40.7 Å². The van der Waals surface area contributed by atoms with Gasteiger partial charge >= 0.3 is 6.18 Å². The molecule has 0 spiro atoms. The molecule has 29 heavy (non-hydrogen) atoms. The van der Waals surface area contributed by atoms with E-state index in [2.05, 4.69) is 0 Å². The summed E-state index contributed by atoms with van der Waals surface area (Å²) >= 11 is 0. The highest BCUT2D eigenvalue weighted by molar-refractivity contribution is 6.10. The molecule has 2 aromatic carbocycles. The van der Waals surface area contributed by atoms with Gasteiger partial charge in [0.2, 0.25) is 0 Å². The number of benzene rings is 2. The van der Waals surface area contributed by atoms with Gasteiger partial charge in [0.25, 0.3) is 0 Å². The second kappa shape index (κ2) is 9.13. The zero-order chi connectivity index (χ0) is 20.9. The van der Waals surface area contributed by atoms with Crippen LogP contribution in [-0.2, 0) is 10.9 Å². The molecule has 154 valence electrons. The third kappa shape index (κ3) is 5.17. The van der Waals surface area contributed by atoms with E-state index in [1.165, 1.54) is 25.3 Å². The lowest BCUT2D eigenvalue weighted by Gasteiger charge is -2.24. The highest BCUT2D eigenvalue weighted by Crippen LogP contribution is 2.34. The molecule has 1 unspecified atom stereocenters. The molecule has 1 fully saturated rings. The fourth-order valence-electron chi connectivity index (χ4n) is 3.12. The molecule has 3 rings (SSSR count). The van der Waals surface area contributed by atoms with Crippen molar-refractivity contribution in [3.05, 3.63) is 65.2 Å². The predicted molar refractivity (Wildman–Crippen MR) is 102 cm³/mol. The molecule has 7 heteroatoms. The lowest BCUT2D eigenvalue weighted by Crippen LogP contribution is -2.25. The molecule has 0 aromatic heterocycles. The van der Waals surface area contributed by atoms with E-state index < -0.39 is 23.8 Å². The molecule has 0 amide bonds. The van der Waals surface area contributed by atoms with E-state index in [1.54, 1.807) is 18.2 Å². The molecule has 1 atom stereocenters. The molecule has 0 radical (unpaired) electrons. The maximum absolute atomic E-state index is 13.2. The Balaban J connectivity index is 1.90. The van der Waals surface area contributed by atoms with E-state index in [0.29, 0.717) is 13.0 Å². The minimum absolute atomic E-state index is 0.0960. The van der Waals surface area contributed by atoms with Crippen LogP contribution in [0.3, 0.4) is 0 Å². The van der Waals surface area contributed by atoms with Crippen LogP contribution in [0, 0.1) is 0 Å². The SMILES string of the molecule is COc1cccc(OC2CCCCO2)c1C(=O)/C=C/c1ccccc1C(F)(F)F. The Labute approximate surface area is 166 Å². The number of rotatable bonds is 6. The minimum Gasteiger partial charge on any atom is -0.496 e. The maximum Gasteiger partial charge on any atom is 0.416 e. The van der Waals surface area contributed by atoms with Crippen molar-refractivity contribution >= 4 is 11.9 Å². The van der Waals surface area contributed by atoms with Crippen LogP contribution in [0.2, 0.25) is 0 Å². The van der Waals surface area contributed by atoms with Crippen LogP contribution in [0.4, 0.5) is 13.2 Å².